The van der Waals surface area contributed by atoms with Gasteiger partial charge in [-0.25, -0.2) is 0 Å². The van der Waals surface area contributed by atoms with Crippen molar-refractivity contribution in [3.05, 3.63) is 90.0 Å². The molecule has 0 aliphatic heterocycles. The summed E-state index contributed by atoms with van der Waals surface area (Å²) in [5.41, 5.74) is 6.41. The lowest BCUT2D eigenvalue weighted by molar-refractivity contribution is 0.485. The van der Waals surface area contributed by atoms with Crippen LogP contribution < -0.4 is 5.32 Å². The summed E-state index contributed by atoms with van der Waals surface area (Å²) in [6.45, 7) is 4.55. The molecule has 0 fully saturated rings. The predicted octanol–water partition coefficient (Wildman–Crippen LogP) is 6.79. The maximum Gasteiger partial charge on any atom is 0.0513 e. The van der Waals surface area contributed by atoms with Crippen molar-refractivity contribution in [3.8, 4) is 0 Å². The summed E-state index contributed by atoms with van der Waals surface area (Å²) in [5, 5.41) is 6.38. The molecule has 140 valence electrons. The Morgan fingerprint density at radius 2 is 1.64 bits per heavy atom. The molecule has 2 N–H and O–H groups in total. The lowest BCUT2D eigenvalue weighted by atomic mass is 9.78. The highest BCUT2D eigenvalue weighted by Crippen LogP contribution is 2.36. The molecule has 1 aliphatic rings. The van der Waals surface area contributed by atoms with Gasteiger partial charge in [0.15, 0.2) is 0 Å². The maximum atomic E-state index is 3.82. The van der Waals surface area contributed by atoms with E-state index in [0.29, 0.717) is 17.9 Å². The van der Waals surface area contributed by atoms with Crippen LogP contribution in [0.2, 0.25) is 0 Å². The first-order valence-electron chi connectivity index (χ1n) is 10.2. The second-order valence-electron chi connectivity index (χ2n) is 8.16. The highest BCUT2D eigenvalue weighted by molar-refractivity contribution is 6.08. The molecule has 2 nitrogen and oxygen atoms in total. The normalized spacial score (nSPS) is 22.0. The van der Waals surface area contributed by atoms with Gasteiger partial charge in [-0.05, 0) is 54.7 Å². The Kier molecular flexibility index (Phi) is 4.20. The van der Waals surface area contributed by atoms with Gasteiger partial charge in [-0.3, -0.25) is 0 Å². The van der Waals surface area contributed by atoms with Crippen LogP contribution in [0.3, 0.4) is 0 Å². The zero-order valence-electron chi connectivity index (χ0n) is 16.4. The fourth-order valence-corrected chi connectivity index (χ4v) is 4.67. The molecule has 28 heavy (non-hydrogen) atoms. The second kappa shape index (κ2) is 6.87. The van der Waals surface area contributed by atoms with Crippen molar-refractivity contribution in [2.75, 3.05) is 5.32 Å². The van der Waals surface area contributed by atoms with Crippen LogP contribution in [0.1, 0.15) is 30.4 Å². The van der Waals surface area contributed by atoms with Gasteiger partial charge in [-0.2, -0.15) is 0 Å². The number of H-pyrrole nitrogens is 1. The van der Waals surface area contributed by atoms with E-state index in [1.807, 2.05) is 0 Å². The van der Waals surface area contributed by atoms with E-state index < -0.39 is 0 Å². The van der Waals surface area contributed by atoms with Gasteiger partial charge in [0.2, 0.25) is 0 Å². The number of hydrogen-bond donors (Lipinski definition) is 2. The molecule has 1 aliphatic carbocycles. The average Bonchev–Trinajstić information content (AvgIpc) is 3.08. The summed E-state index contributed by atoms with van der Waals surface area (Å²) in [5.74, 6) is 1.10. The number of aromatic amines is 1. The van der Waals surface area contributed by atoms with E-state index >= 15 is 0 Å². The Balaban J connectivity index is 1.52. The third-order valence-corrected chi connectivity index (χ3v) is 6.13. The SMILES string of the molecule is Cc1ccccc1C1CC(C)C=CC1Nc1ccc2[nH]c3ccccc3c2c1. The standard InChI is InChI=1S/C26H26N2/c1-17-11-13-25(22(15-17)20-8-4-3-7-18(20)2)27-19-12-14-26-23(16-19)21-9-5-6-10-24(21)28-26/h3-14,16-17,22,25,27-28H,15H2,1-2H3. The van der Waals surface area contributed by atoms with Crippen molar-refractivity contribution in [1.29, 1.82) is 0 Å². The van der Waals surface area contributed by atoms with Crippen molar-refractivity contribution >= 4 is 27.5 Å². The number of fused-ring (bicyclic) bond motifs is 3. The zero-order chi connectivity index (χ0) is 19.1. The molecule has 3 atom stereocenters. The van der Waals surface area contributed by atoms with Gasteiger partial charge in [0, 0.05) is 33.4 Å². The summed E-state index contributed by atoms with van der Waals surface area (Å²) in [7, 11) is 0. The largest absolute Gasteiger partial charge is 0.378 e. The van der Waals surface area contributed by atoms with Gasteiger partial charge in [0.05, 0.1) is 6.04 Å². The first-order valence-corrected chi connectivity index (χ1v) is 10.2. The number of hydrogen-bond acceptors (Lipinski definition) is 1. The van der Waals surface area contributed by atoms with E-state index in [-0.39, 0.29) is 0 Å². The van der Waals surface area contributed by atoms with Gasteiger partial charge < -0.3 is 10.3 Å². The van der Waals surface area contributed by atoms with Crippen LogP contribution in [0.15, 0.2) is 78.9 Å². The number of allylic oxidation sites excluding steroid dienone is 1. The zero-order valence-corrected chi connectivity index (χ0v) is 16.4. The van der Waals surface area contributed by atoms with Crippen LogP contribution >= 0.6 is 0 Å². The van der Waals surface area contributed by atoms with Crippen LogP contribution in [0.5, 0.6) is 0 Å². The summed E-state index contributed by atoms with van der Waals surface area (Å²) in [6.07, 6.45) is 5.90. The molecule has 0 amide bonds. The van der Waals surface area contributed by atoms with Gasteiger partial charge in [0.25, 0.3) is 0 Å². The number of benzene rings is 3. The summed E-state index contributed by atoms with van der Waals surface area (Å²) in [4.78, 5) is 3.51. The van der Waals surface area contributed by atoms with E-state index in [2.05, 4.69) is 103 Å². The van der Waals surface area contributed by atoms with Crippen LogP contribution in [0, 0.1) is 12.8 Å². The molecule has 0 radical (unpaired) electrons. The molecular formula is C26H26N2. The van der Waals surface area contributed by atoms with E-state index in [9.17, 15) is 0 Å². The minimum atomic E-state index is 0.306. The quantitative estimate of drug-likeness (QED) is 0.384. The minimum Gasteiger partial charge on any atom is -0.378 e. The van der Waals surface area contributed by atoms with Crippen LogP contribution in [-0.4, -0.2) is 11.0 Å². The fraction of sp³-hybridized carbons (Fsp3) is 0.231. The van der Waals surface area contributed by atoms with Gasteiger partial charge in [0.1, 0.15) is 0 Å². The van der Waals surface area contributed by atoms with Gasteiger partial charge in [-0.15, -0.1) is 0 Å². The molecule has 3 aromatic carbocycles. The molecule has 1 aromatic heterocycles. The molecule has 4 aromatic rings. The number of rotatable bonds is 3. The van der Waals surface area contributed by atoms with Crippen molar-refractivity contribution in [2.45, 2.75) is 32.2 Å². The second-order valence-corrected chi connectivity index (χ2v) is 8.16. The first-order chi connectivity index (χ1) is 13.7. The summed E-state index contributed by atoms with van der Waals surface area (Å²) >= 11 is 0. The van der Waals surface area contributed by atoms with Crippen molar-refractivity contribution in [3.63, 3.8) is 0 Å². The molecule has 0 spiro atoms. The summed E-state index contributed by atoms with van der Waals surface area (Å²) < 4.78 is 0. The molecule has 1 heterocycles. The summed E-state index contributed by atoms with van der Waals surface area (Å²) in [6, 6.07) is 24.3. The number of aryl methyl sites for hydroxylation is 1. The van der Waals surface area contributed by atoms with E-state index in [4.69, 9.17) is 0 Å². The molecular weight excluding hydrogens is 340 g/mol. The lowest BCUT2D eigenvalue weighted by Crippen LogP contribution is -2.30. The average molecular weight is 367 g/mol. The molecule has 5 rings (SSSR count). The van der Waals surface area contributed by atoms with Crippen molar-refractivity contribution in [2.24, 2.45) is 5.92 Å². The number of para-hydroxylation sites is 1. The fourth-order valence-electron chi connectivity index (χ4n) is 4.67. The van der Waals surface area contributed by atoms with E-state index in [1.54, 1.807) is 0 Å². The highest BCUT2D eigenvalue weighted by Gasteiger charge is 2.27. The van der Waals surface area contributed by atoms with Crippen LogP contribution in [0.25, 0.3) is 21.8 Å². The van der Waals surface area contributed by atoms with E-state index in [0.717, 1.165) is 0 Å². The molecule has 3 unspecified atom stereocenters. The number of aromatic nitrogens is 1. The van der Waals surface area contributed by atoms with E-state index in [1.165, 1.54) is 45.0 Å². The third-order valence-electron chi connectivity index (χ3n) is 6.13. The Morgan fingerprint density at radius 3 is 2.54 bits per heavy atom. The maximum absolute atomic E-state index is 3.82. The van der Waals surface area contributed by atoms with Crippen LogP contribution in [-0.2, 0) is 0 Å². The smallest absolute Gasteiger partial charge is 0.0513 e. The Labute approximate surface area is 166 Å². The van der Waals surface area contributed by atoms with Gasteiger partial charge in [-0.1, -0.05) is 61.5 Å². The molecule has 0 saturated heterocycles. The first kappa shape index (κ1) is 17.1. The number of nitrogens with one attached hydrogen (secondary N) is 2. The topological polar surface area (TPSA) is 27.8 Å². The Hall–Kier alpha value is -3.00. The molecule has 0 saturated carbocycles. The Bertz CT molecular complexity index is 1170. The predicted molar refractivity (Wildman–Crippen MR) is 120 cm³/mol. The Morgan fingerprint density at radius 1 is 0.857 bits per heavy atom. The van der Waals surface area contributed by atoms with Crippen molar-refractivity contribution in [1.82, 2.24) is 4.98 Å². The molecule has 2 heteroatoms. The minimum absolute atomic E-state index is 0.306. The number of anilines is 1. The monoisotopic (exact) mass is 366 g/mol. The lowest BCUT2D eigenvalue weighted by Gasteiger charge is -2.33. The van der Waals surface area contributed by atoms with Crippen molar-refractivity contribution < 1.29 is 0 Å². The molecule has 0 bridgehead atoms. The van der Waals surface area contributed by atoms with Gasteiger partial charge >= 0.3 is 0 Å². The highest BCUT2D eigenvalue weighted by atomic mass is 14.9. The third kappa shape index (κ3) is 2.99. The van der Waals surface area contributed by atoms with Crippen LogP contribution in [0.4, 0.5) is 5.69 Å².